The number of benzene rings is 2. The van der Waals surface area contributed by atoms with Gasteiger partial charge in [-0.2, -0.15) is 0 Å². The molecule has 0 bridgehead atoms. The first-order valence-corrected chi connectivity index (χ1v) is 9.85. The Balaban J connectivity index is 1.34. The van der Waals surface area contributed by atoms with Crippen LogP contribution in [0.5, 0.6) is 11.6 Å². The monoisotopic (exact) mass is 388 g/mol. The molecule has 1 aromatic heterocycles. The molecule has 148 valence electrons. The zero-order chi connectivity index (χ0) is 20.1. The fourth-order valence-electron chi connectivity index (χ4n) is 3.42. The summed E-state index contributed by atoms with van der Waals surface area (Å²) >= 11 is 0. The number of aromatic nitrogens is 2. The Bertz CT molecular complexity index is 952. The summed E-state index contributed by atoms with van der Waals surface area (Å²) in [5.41, 5.74) is 2.03. The van der Waals surface area contributed by atoms with Crippen molar-refractivity contribution in [2.45, 2.75) is 19.8 Å². The van der Waals surface area contributed by atoms with Gasteiger partial charge in [-0.3, -0.25) is 4.79 Å². The summed E-state index contributed by atoms with van der Waals surface area (Å²) in [5.74, 6) is 2.17. The first-order valence-electron chi connectivity index (χ1n) is 9.85. The van der Waals surface area contributed by atoms with Crippen molar-refractivity contribution in [1.82, 2.24) is 9.97 Å². The van der Waals surface area contributed by atoms with Crippen LogP contribution in [-0.4, -0.2) is 29.0 Å². The molecule has 2 aromatic carbocycles. The van der Waals surface area contributed by atoms with E-state index in [4.69, 9.17) is 4.74 Å². The fraction of sp³-hybridized carbons (Fsp3) is 0.261. The number of aryl methyl sites for hydroxylation is 1. The zero-order valence-corrected chi connectivity index (χ0v) is 16.4. The van der Waals surface area contributed by atoms with Crippen LogP contribution in [0.4, 0.5) is 11.5 Å². The molecule has 6 heteroatoms. The van der Waals surface area contributed by atoms with Gasteiger partial charge in [-0.15, -0.1) is 0 Å². The van der Waals surface area contributed by atoms with E-state index >= 15 is 0 Å². The molecule has 0 saturated carbocycles. The molecule has 4 rings (SSSR count). The third kappa shape index (κ3) is 4.90. The second-order valence-electron chi connectivity index (χ2n) is 7.25. The summed E-state index contributed by atoms with van der Waals surface area (Å²) in [6.07, 6.45) is 3.09. The predicted molar refractivity (Wildman–Crippen MR) is 113 cm³/mol. The molecule has 1 aliphatic rings. The summed E-state index contributed by atoms with van der Waals surface area (Å²) in [5, 5.41) is 3.03. The number of hydrogen-bond acceptors (Lipinski definition) is 5. The normalized spacial score (nSPS) is 14.4. The number of carbonyl (C=O) groups is 1. The molecule has 0 atom stereocenters. The van der Waals surface area contributed by atoms with Gasteiger partial charge in [0.1, 0.15) is 17.9 Å². The van der Waals surface area contributed by atoms with Crippen molar-refractivity contribution in [3.63, 3.8) is 0 Å². The van der Waals surface area contributed by atoms with Crippen LogP contribution in [0.2, 0.25) is 0 Å². The van der Waals surface area contributed by atoms with Crippen LogP contribution in [0.3, 0.4) is 0 Å². The van der Waals surface area contributed by atoms with E-state index in [0.717, 1.165) is 43.2 Å². The van der Waals surface area contributed by atoms with Gasteiger partial charge in [0.05, 0.1) is 0 Å². The molecule has 29 heavy (non-hydrogen) atoms. The van der Waals surface area contributed by atoms with Gasteiger partial charge < -0.3 is 15.0 Å². The second kappa shape index (κ2) is 8.73. The molecular formula is C23H24N4O2. The lowest BCUT2D eigenvalue weighted by atomic mass is 9.95. The van der Waals surface area contributed by atoms with Gasteiger partial charge >= 0.3 is 0 Å². The first-order chi connectivity index (χ1) is 14.2. The van der Waals surface area contributed by atoms with Crippen LogP contribution in [0.25, 0.3) is 0 Å². The maximum absolute atomic E-state index is 12.6. The summed E-state index contributed by atoms with van der Waals surface area (Å²) in [6.45, 7) is 3.58. The minimum atomic E-state index is 0.00873. The molecule has 1 N–H and O–H groups in total. The van der Waals surface area contributed by atoms with Gasteiger partial charge in [-0.25, -0.2) is 9.97 Å². The van der Waals surface area contributed by atoms with E-state index in [9.17, 15) is 4.79 Å². The van der Waals surface area contributed by atoms with Crippen molar-refractivity contribution >= 4 is 17.4 Å². The number of rotatable bonds is 5. The number of anilines is 2. The van der Waals surface area contributed by atoms with Gasteiger partial charge in [0.2, 0.25) is 11.8 Å². The van der Waals surface area contributed by atoms with Crippen LogP contribution < -0.4 is 15.0 Å². The van der Waals surface area contributed by atoms with Gasteiger partial charge in [0, 0.05) is 30.8 Å². The molecular weight excluding hydrogens is 364 g/mol. The Hall–Kier alpha value is -3.41. The molecule has 1 amide bonds. The van der Waals surface area contributed by atoms with E-state index in [2.05, 4.69) is 20.2 Å². The number of hydrogen-bond donors (Lipinski definition) is 1. The number of piperidine rings is 1. The van der Waals surface area contributed by atoms with Gasteiger partial charge in [0.25, 0.3) is 0 Å². The molecule has 6 nitrogen and oxygen atoms in total. The molecule has 3 aromatic rings. The number of amides is 1. The number of carbonyl (C=O) groups excluding carboxylic acids is 1. The van der Waals surface area contributed by atoms with Crippen LogP contribution in [0.15, 0.2) is 67.0 Å². The van der Waals surface area contributed by atoms with E-state index < -0.39 is 0 Å². The number of ether oxygens (including phenoxy) is 1. The Morgan fingerprint density at radius 1 is 1.03 bits per heavy atom. The van der Waals surface area contributed by atoms with Crippen molar-refractivity contribution in [3.05, 3.63) is 72.6 Å². The average Bonchev–Trinajstić information content (AvgIpc) is 2.76. The quantitative estimate of drug-likeness (QED) is 0.700. The molecule has 2 heterocycles. The highest BCUT2D eigenvalue weighted by atomic mass is 16.5. The highest BCUT2D eigenvalue weighted by Crippen LogP contribution is 2.26. The first kappa shape index (κ1) is 18.9. The standard InChI is InChI=1S/C23H24N4O2/c1-17-7-9-19(10-8-17)26-23(28)18-11-13-27(14-12-18)21-15-22(25-16-24-21)29-20-5-3-2-4-6-20/h2-10,15-16,18H,11-14H2,1H3,(H,26,28). The van der Waals surface area contributed by atoms with Crippen molar-refractivity contribution in [1.29, 1.82) is 0 Å². The fourth-order valence-corrected chi connectivity index (χ4v) is 3.42. The predicted octanol–water partition coefficient (Wildman–Crippen LogP) is 4.43. The SMILES string of the molecule is Cc1ccc(NC(=O)C2CCN(c3cc(Oc4ccccc4)ncn3)CC2)cc1. The van der Waals surface area contributed by atoms with Crippen molar-refractivity contribution < 1.29 is 9.53 Å². The third-order valence-corrected chi connectivity index (χ3v) is 5.10. The third-order valence-electron chi connectivity index (χ3n) is 5.10. The van der Waals surface area contributed by atoms with Crippen molar-refractivity contribution in [3.8, 4) is 11.6 Å². The zero-order valence-electron chi connectivity index (χ0n) is 16.4. The minimum Gasteiger partial charge on any atom is -0.439 e. The Labute approximate surface area is 170 Å². The Morgan fingerprint density at radius 2 is 1.76 bits per heavy atom. The lowest BCUT2D eigenvalue weighted by Gasteiger charge is -2.32. The number of para-hydroxylation sites is 1. The van der Waals surface area contributed by atoms with Crippen molar-refractivity contribution in [2.24, 2.45) is 5.92 Å². The molecule has 0 unspecified atom stereocenters. The van der Waals surface area contributed by atoms with Crippen LogP contribution in [0.1, 0.15) is 18.4 Å². The van der Waals surface area contributed by atoms with Crippen LogP contribution in [0, 0.1) is 12.8 Å². The minimum absolute atomic E-state index is 0.00873. The molecule has 1 fully saturated rings. The maximum Gasteiger partial charge on any atom is 0.227 e. The molecule has 1 saturated heterocycles. The second-order valence-corrected chi connectivity index (χ2v) is 7.25. The molecule has 0 aliphatic carbocycles. The largest absolute Gasteiger partial charge is 0.439 e. The van der Waals surface area contributed by atoms with Crippen molar-refractivity contribution in [2.75, 3.05) is 23.3 Å². The topological polar surface area (TPSA) is 67.4 Å². The average molecular weight is 388 g/mol. The number of nitrogens with zero attached hydrogens (tertiary/aromatic N) is 3. The summed E-state index contributed by atoms with van der Waals surface area (Å²) in [6, 6.07) is 19.3. The van der Waals surface area contributed by atoms with Crippen LogP contribution in [-0.2, 0) is 4.79 Å². The number of nitrogens with one attached hydrogen (secondary N) is 1. The van der Waals surface area contributed by atoms with E-state index in [1.165, 1.54) is 11.9 Å². The summed E-state index contributed by atoms with van der Waals surface area (Å²) in [4.78, 5) is 23.3. The summed E-state index contributed by atoms with van der Waals surface area (Å²) in [7, 11) is 0. The molecule has 0 spiro atoms. The smallest absolute Gasteiger partial charge is 0.227 e. The van der Waals surface area contributed by atoms with Gasteiger partial charge in [-0.1, -0.05) is 35.9 Å². The Morgan fingerprint density at radius 3 is 2.48 bits per heavy atom. The lowest BCUT2D eigenvalue weighted by Crippen LogP contribution is -2.38. The van der Waals surface area contributed by atoms with E-state index in [0.29, 0.717) is 5.88 Å². The maximum atomic E-state index is 12.6. The van der Waals surface area contributed by atoms with E-state index in [1.54, 1.807) is 0 Å². The lowest BCUT2D eigenvalue weighted by molar-refractivity contribution is -0.120. The Kier molecular flexibility index (Phi) is 5.70. The van der Waals surface area contributed by atoms with Gasteiger partial charge in [0.15, 0.2) is 0 Å². The summed E-state index contributed by atoms with van der Waals surface area (Å²) < 4.78 is 5.80. The van der Waals surface area contributed by atoms with Crippen LogP contribution >= 0.6 is 0 Å². The molecule has 1 aliphatic heterocycles. The van der Waals surface area contributed by atoms with E-state index in [1.807, 2.05) is 67.6 Å². The highest BCUT2D eigenvalue weighted by molar-refractivity contribution is 5.92. The molecule has 0 radical (unpaired) electrons. The van der Waals surface area contributed by atoms with Gasteiger partial charge in [-0.05, 0) is 44.0 Å². The highest BCUT2D eigenvalue weighted by Gasteiger charge is 2.26. The van der Waals surface area contributed by atoms with E-state index in [-0.39, 0.29) is 11.8 Å².